The molecule has 1 atom stereocenters. The van der Waals surface area contributed by atoms with Gasteiger partial charge in [-0.15, -0.1) is 0 Å². The second-order valence-electron chi connectivity index (χ2n) is 4.67. The van der Waals surface area contributed by atoms with Crippen molar-refractivity contribution in [1.82, 2.24) is 4.90 Å². The van der Waals surface area contributed by atoms with Gasteiger partial charge in [0, 0.05) is 13.1 Å². The van der Waals surface area contributed by atoms with Crippen molar-refractivity contribution in [2.75, 3.05) is 20.2 Å². The third-order valence-corrected chi connectivity index (χ3v) is 3.40. The highest BCUT2D eigenvalue weighted by Gasteiger charge is 2.29. The first-order chi connectivity index (χ1) is 8.70. The lowest BCUT2D eigenvalue weighted by Crippen LogP contribution is -2.41. The largest absolute Gasteiger partial charge is 0.501 e. The van der Waals surface area contributed by atoms with Crippen molar-refractivity contribution in [3.05, 3.63) is 48.2 Å². The van der Waals surface area contributed by atoms with E-state index in [0.29, 0.717) is 12.3 Å². The standard InChI is InChI=1S/C15H19NO2/c1-12(18-2)14-8-9-16(11-15(14)17)10-13-6-4-3-5-7-13/h3-7,14H,1,8-11H2,2H3. The number of likely N-dealkylation sites (tertiary alicyclic amines) is 1. The summed E-state index contributed by atoms with van der Waals surface area (Å²) < 4.78 is 5.08. The summed E-state index contributed by atoms with van der Waals surface area (Å²) >= 11 is 0. The van der Waals surface area contributed by atoms with E-state index in [9.17, 15) is 4.79 Å². The Bertz CT molecular complexity index is 427. The van der Waals surface area contributed by atoms with E-state index in [2.05, 4.69) is 23.6 Å². The summed E-state index contributed by atoms with van der Waals surface area (Å²) in [6.07, 6.45) is 0.804. The van der Waals surface area contributed by atoms with E-state index in [4.69, 9.17) is 4.74 Å². The maximum absolute atomic E-state index is 12.0. The van der Waals surface area contributed by atoms with Gasteiger partial charge in [-0.3, -0.25) is 9.69 Å². The topological polar surface area (TPSA) is 29.5 Å². The zero-order valence-electron chi connectivity index (χ0n) is 10.8. The lowest BCUT2D eigenvalue weighted by Gasteiger charge is -2.31. The quantitative estimate of drug-likeness (QED) is 0.762. The monoisotopic (exact) mass is 245 g/mol. The van der Waals surface area contributed by atoms with Crippen LogP contribution >= 0.6 is 0 Å². The third-order valence-electron chi connectivity index (χ3n) is 3.40. The molecule has 0 bridgehead atoms. The van der Waals surface area contributed by atoms with Crippen LogP contribution in [0, 0.1) is 5.92 Å². The van der Waals surface area contributed by atoms with Gasteiger partial charge in [0.2, 0.25) is 0 Å². The molecule has 1 aromatic carbocycles. The normalized spacial score (nSPS) is 20.7. The Labute approximate surface area is 108 Å². The Kier molecular flexibility index (Phi) is 4.15. The van der Waals surface area contributed by atoms with Crippen molar-refractivity contribution in [1.29, 1.82) is 0 Å². The molecule has 0 amide bonds. The number of piperidine rings is 1. The maximum Gasteiger partial charge on any atom is 0.157 e. The summed E-state index contributed by atoms with van der Waals surface area (Å²) in [7, 11) is 1.58. The highest BCUT2D eigenvalue weighted by molar-refractivity contribution is 5.85. The van der Waals surface area contributed by atoms with Crippen LogP contribution in [-0.2, 0) is 16.1 Å². The van der Waals surface area contributed by atoms with E-state index in [-0.39, 0.29) is 11.7 Å². The minimum atomic E-state index is -0.123. The molecule has 1 aliphatic heterocycles. The van der Waals surface area contributed by atoms with Gasteiger partial charge in [0.1, 0.15) is 0 Å². The summed E-state index contributed by atoms with van der Waals surface area (Å²) in [6, 6.07) is 10.2. The zero-order chi connectivity index (χ0) is 13.0. The maximum atomic E-state index is 12.0. The Morgan fingerprint density at radius 3 is 2.78 bits per heavy atom. The highest BCUT2D eigenvalue weighted by atomic mass is 16.5. The molecule has 1 fully saturated rings. The van der Waals surface area contributed by atoms with Crippen LogP contribution in [0.5, 0.6) is 0 Å². The number of allylic oxidation sites excluding steroid dienone is 1. The van der Waals surface area contributed by atoms with Crippen molar-refractivity contribution in [2.45, 2.75) is 13.0 Å². The molecular weight excluding hydrogens is 226 g/mol. The van der Waals surface area contributed by atoms with Gasteiger partial charge in [0.05, 0.1) is 25.3 Å². The molecule has 1 aliphatic rings. The number of rotatable bonds is 4. The van der Waals surface area contributed by atoms with Crippen LogP contribution in [0.1, 0.15) is 12.0 Å². The fourth-order valence-electron chi connectivity index (χ4n) is 2.34. The molecule has 3 nitrogen and oxygen atoms in total. The van der Waals surface area contributed by atoms with E-state index in [1.54, 1.807) is 7.11 Å². The van der Waals surface area contributed by atoms with Crippen molar-refractivity contribution < 1.29 is 9.53 Å². The molecule has 0 aliphatic carbocycles. The molecule has 0 radical (unpaired) electrons. The number of carbonyl (C=O) groups excluding carboxylic acids is 1. The van der Waals surface area contributed by atoms with Crippen molar-refractivity contribution >= 4 is 5.78 Å². The van der Waals surface area contributed by atoms with Crippen LogP contribution in [0.4, 0.5) is 0 Å². The van der Waals surface area contributed by atoms with E-state index >= 15 is 0 Å². The van der Waals surface area contributed by atoms with Crippen molar-refractivity contribution in [3.8, 4) is 0 Å². The molecule has 1 unspecified atom stereocenters. The summed E-state index contributed by atoms with van der Waals surface area (Å²) in [5, 5.41) is 0. The lowest BCUT2D eigenvalue weighted by molar-refractivity contribution is -0.126. The van der Waals surface area contributed by atoms with Gasteiger partial charge in [0.15, 0.2) is 5.78 Å². The molecule has 2 rings (SSSR count). The summed E-state index contributed by atoms with van der Waals surface area (Å²) in [4.78, 5) is 14.2. The predicted octanol–water partition coefficient (Wildman–Crippen LogP) is 2.24. The minimum Gasteiger partial charge on any atom is -0.501 e. The molecule has 1 aromatic rings. The van der Waals surface area contributed by atoms with Crippen LogP contribution in [-0.4, -0.2) is 30.9 Å². The Balaban J connectivity index is 1.93. The van der Waals surface area contributed by atoms with Gasteiger partial charge in [-0.1, -0.05) is 36.9 Å². The Morgan fingerprint density at radius 1 is 1.44 bits per heavy atom. The van der Waals surface area contributed by atoms with Crippen LogP contribution in [0.3, 0.4) is 0 Å². The van der Waals surface area contributed by atoms with E-state index < -0.39 is 0 Å². The van der Waals surface area contributed by atoms with E-state index in [1.165, 1.54) is 5.56 Å². The number of ketones is 1. The number of benzene rings is 1. The zero-order valence-corrected chi connectivity index (χ0v) is 10.8. The molecule has 18 heavy (non-hydrogen) atoms. The first kappa shape index (κ1) is 12.8. The summed E-state index contributed by atoms with van der Waals surface area (Å²) in [5.41, 5.74) is 1.24. The fraction of sp³-hybridized carbons (Fsp3) is 0.400. The molecule has 1 saturated heterocycles. The summed E-state index contributed by atoms with van der Waals surface area (Å²) in [5.74, 6) is 0.686. The van der Waals surface area contributed by atoms with Gasteiger partial charge < -0.3 is 4.74 Å². The SMILES string of the molecule is C=C(OC)C1CCN(Cc2ccccc2)CC1=O. The highest BCUT2D eigenvalue weighted by Crippen LogP contribution is 2.22. The first-order valence-electron chi connectivity index (χ1n) is 6.22. The lowest BCUT2D eigenvalue weighted by atomic mass is 9.93. The van der Waals surface area contributed by atoms with Gasteiger partial charge in [-0.25, -0.2) is 0 Å². The van der Waals surface area contributed by atoms with Crippen LogP contribution in [0.2, 0.25) is 0 Å². The molecule has 1 heterocycles. The second-order valence-corrected chi connectivity index (χ2v) is 4.67. The van der Waals surface area contributed by atoms with Crippen LogP contribution in [0.15, 0.2) is 42.7 Å². The average molecular weight is 245 g/mol. The number of hydrogen-bond acceptors (Lipinski definition) is 3. The van der Waals surface area contributed by atoms with Gasteiger partial charge in [0.25, 0.3) is 0 Å². The van der Waals surface area contributed by atoms with Gasteiger partial charge in [-0.05, 0) is 12.0 Å². The molecule has 0 saturated carbocycles. The van der Waals surface area contributed by atoms with Crippen molar-refractivity contribution in [2.24, 2.45) is 5.92 Å². The Hall–Kier alpha value is -1.61. The van der Waals surface area contributed by atoms with Crippen molar-refractivity contribution in [3.63, 3.8) is 0 Å². The van der Waals surface area contributed by atoms with Gasteiger partial charge in [-0.2, -0.15) is 0 Å². The number of nitrogens with zero attached hydrogens (tertiary/aromatic N) is 1. The number of hydrogen-bond donors (Lipinski definition) is 0. The van der Waals surface area contributed by atoms with Crippen LogP contribution in [0.25, 0.3) is 0 Å². The molecule has 0 aromatic heterocycles. The second kappa shape index (κ2) is 5.83. The Morgan fingerprint density at radius 2 is 2.17 bits per heavy atom. The van der Waals surface area contributed by atoms with E-state index in [0.717, 1.165) is 19.5 Å². The fourth-order valence-corrected chi connectivity index (χ4v) is 2.34. The first-order valence-corrected chi connectivity index (χ1v) is 6.22. The molecule has 3 heteroatoms. The number of ether oxygens (including phenoxy) is 1. The third kappa shape index (κ3) is 2.99. The van der Waals surface area contributed by atoms with Crippen LogP contribution < -0.4 is 0 Å². The van der Waals surface area contributed by atoms with Gasteiger partial charge >= 0.3 is 0 Å². The average Bonchev–Trinajstić information content (AvgIpc) is 2.39. The molecule has 0 N–H and O–H groups in total. The molecular formula is C15H19NO2. The molecule has 0 spiro atoms. The molecule has 96 valence electrons. The number of carbonyl (C=O) groups is 1. The predicted molar refractivity (Wildman–Crippen MR) is 71.0 cm³/mol. The van der Waals surface area contributed by atoms with E-state index in [1.807, 2.05) is 18.2 Å². The number of Topliss-reactive ketones (excluding diaryl/α,β-unsaturated/α-hetero) is 1. The smallest absolute Gasteiger partial charge is 0.157 e. The minimum absolute atomic E-state index is 0.123. The summed E-state index contributed by atoms with van der Waals surface area (Å²) in [6.45, 7) is 6.03. The number of methoxy groups -OCH3 is 1.